The molecule has 0 saturated heterocycles. The number of primary amides is 1. The maximum Gasteiger partial charge on any atom is 0.248 e. The largest absolute Gasteiger partial charge is 0.366 e. The van der Waals surface area contributed by atoms with Crippen molar-refractivity contribution in [3.8, 4) is 0 Å². The topological polar surface area (TPSA) is 55.1 Å². The van der Waals surface area contributed by atoms with Crippen LogP contribution in [0.15, 0.2) is 18.2 Å². The zero-order chi connectivity index (χ0) is 15.2. The molecule has 1 aliphatic carbocycles. The van der Waals surface area contributed by atoms with Crippen LogP contribution in [-0.2, 0) is 6.54 Å². The van der Waals surface area contributed by atoms with Crippen LogP contribution in [0, 0.1) is 17.7 Å². The molecule has 0 heterocycles. The van der Waals surface area contributed by atoms with E-state index in [1.54, 1.807) is 0 Å². The summed E-state index contributed by atoms with van der Waals surface area (Å²) < 4.78 is 13.7. The molecule has 0 atom stereocenters. The van der Waals surface area contributed by atoms with Crippen molar-refractivity contribution in [1.82, 2.24) is 5.32 Å². The lowest BCUT2D eigenvalue weighted by atomic mass is 9.81. The van der Waals surface area contributed by atoms with Gasteiger partial charge in [-0.25, -0.2) is 4.39 Å². The zero-order valence-electron chi connectivity index (χ0n) is 12.7. The highest BCUT2D eigenvalue weighted by atomic mass is 19.1. The summed E-state index contributed by atoms with van der Waals surface area (Å²) >= 11 is 0. The molecule has 0 radical (unpaired) electrons. The Bertz CT molecular complexity index is 482. The van der Waals surface area contributed by atoms with Crippen LogP contribution >= 0.6 is 0 Å². The molecule has 0 unspecified atom stereocenters. The third-order valence-electron chi connectivity index (χ3n) is 4.51. The third-order valence-corrected chi connectivity index (χ3v) is 4.51. The van der Waals surface area contributed by atoms with Crippen molar-refractivity contribution in [2.24, 2.45) is 17.6 Å². The number of benzene rings is 1. The van der Waals surface area contributed by atoms with Crippen molar-refractivity contribution in [3.05, 3.63) is 35.1 Å². The van der Waals surface area contributed by atoms with Gasteiger partial charge < -0.3 is 11.1 Å². The molecule has 1 saturated carbocycles. The van der Waals surface area contributed by atoms with Crippen LogP contribution in [0.3, 0.4) is 0 Å². The third kappa shape index (κ3) is 4.81. The maximum atomic E-state index is 13.7. The molecule has 3 N–H and O–H groups in total. The second-order valence-electron chi connectivity index (χ2n) is 6.26. The van der Waals surface area contributed by atoms with Gasteiger partial charge in [0.05, 0.1) is 0 Å². The van der Waals surface area contributed by atoms with Gasteiger partial charge in [-0.2, -0.15) is 0 Å². The van der Waals surface area contributed by atoms with Crippen LogP contribution in [0.2, 0.25) is 0 Å². The Hall–Kier alpha value is -1.42. The molecule has 0 aromatic heterocycles. The van der Waals surface area contributed by atoms with Gasteiger partial charge in [0.15, 0.2) is 0 Å². The Balaban J connectivity index is 1.75. The van der Waals surface area contributed by atoms with Gasteiger partial charge in [0, 0.05) is 17.7 Å². The molecule has 1 aromatic carbocycles. The van der Waals surface area contributed by atoms with Crippen LogP contribution in [0.1, 0.15) is 54.9 Å². The molecule has 2 rings (SSSR count). The standard InChI is InChI=1S/C17H25FN2O/c1-12-2-4-13(5-3-12)8-9-20-11-15-10-14(17(19)21)6-7-16(15)18/h6-7,10,12-13,20H,2-5,8-9,11H2,1H3,(H2,19,21). The van der Waals surface area contributed by atoms with Crippen molar-refractivity contribution in [3.63, 3.8) is 0 Å². The molecule has 3 nitrogen and oxygen atoms in total. The molecule has 116 valence electrons. The van der Waals surface area contributed by atoms with Gasteiger partial charge in [-0.3, -0.25) is 4.79 Å². The van der Waals surface area contributed by atoms with Crippen LogP contribution in [0.25, 0.3) is 0 Å². The fraction of sp³-hybridized carbons (Fsp3) is 0.588. The average Bonchev–Trinajstić information content (AvgIpc) is 2.47. The number of halogens is 1. The number of amides is 1. The lowest BCUT2D eigenvalue weighted by Crippen LogP contribution is -2.21. The molecule has 0 bridgehead atoms. The van der Waals surface area contributed by atoms with Crippen LogP contribution in [-0.4, -0.2) is 12.5 Å². The highest BCUT2D eigenvalue weighted by molar-refractivity contribution is 5.92. The highest BCUT2D eigenvalue weighted by Gasteiger charge is 2.17. The number of hydrogen-bond acceptors (Lipinski definition) is 2. The average molecular weight is 292 g/mol. The van der Waals surface area contributed by atoms with Gasteiger partial charge in [0.1, 0.15) is 5.82 Å². The molecule has 1 aliphatic rings. The Morgan fingerprint density at radius 3 is 2.71 bits per heavy atom. The van der Waals surface area contributed by atoms with E-state index in [-0.39, 0.29) is 5.82 Å². The van der Waals surface area contributed by atoms with E-state index in [2.05, 4.69) is 12.2 Å². The van der Waals surface area contributed by atoms with Crippen molar-refractivity contribution >= 4 is 5.91 Å². The smallest absolute Gasteiger partial charge is 0.248 e. The number of carbonyl (C=O) groups excluding carboxylic acids is 1. The van der Waals surface area contributed by atoms with E-state index in [1.807, 2.05) is 0 Å². The summed E-state index contributed by atoms with van der Waals surface area (Å²) in [7, 11) is 0. The van der Waals surface area contributed by atoms with E-state index in [4.69, 9.17) is 5.73 Å². The quantitative estimate of drug-likeness (QED) is 0.791. The van der Waals surface area contributed by atoms with Gasteiger partial charge in [0.2, 0.25) is 5.91 Å². The molecule has 0 spiro atoms. The fourth-order valence-electron chi connectivity index (χ4n) is 3.01. The van der Waals surface area contributed by atoms with E-state index in [1.165, 1.54) is 43.9 Å². The first kappa shape index (κ1) is 16.0. The molecule has 4 heteroatoms. The van der Waals surface area contributed by atoms with Crippen LogP contribution < -0.4 is 11.1 Å². The normalized spacial score (nSPS) is 22.2. The summed E-state index contributed by atoms with van der Waals surface area (Å²) in [5, 5.41) is 3.28. The predicted octanol–water partition coefficient (Wildman–Crippen LogP) is 3.23. The van der Waals surface area contributed by atoms with E-state index >= 15 is 0 Å². The second kappa shape index (κ2) is 7.55. The summed E-state index contributed by atoms with van der Waals surface area (Å²) in [4.78, 5) is 11.1. The maximum absolute atomic E-state index is 13.7. The first-order chi connectivity index (χ1) is 10.1. The number of rotatable bonds is 6. The monoisotopic (exact) mass is 292 g/mol. The summed E-state index contributed by atoms with van der Waals surface area (Å²) in [5.41, 5.74) is 6.07. The van der Waals surface area contributed by atoms with Gasteiger partial charge in [-0.05, 0) is 43.0 Å². The van der Waals surface area contributed by atoms with E-state index < -0.39 is 5.91 Å². The second-order valence-corrected chi connectivity index (χ2v) is 6.26. The van der Waals surface area contributed by atoms with Crippen molar-refractivity contribution in [2.45, 2.75) is 45.6 Å². The molecular weight excluding hydrogens is 267 g/mol. The van der Waals surface area contributed by atoms with Crippen molar-refractivity contribution in [2.75, 3.05) is 6.54 Å². The molecule has 1 aromatic rings. The Kier molecular flexibility index (Phi) is 5.74. The molecule has 21 heavy (non-hydrogen) atoms. The lowest BCUT2D eigenvalue weighted by molar-refractivity contribution is 0.1000. The van der Waals surface area contributed by atoms with E-state index in [0.29, 0.717) is 17.7 Å². The van der Waals surface area contributed by atoms with Crippen LogP contribution in [0.4, 0.5) is 4.39 Å². The number of carbonyl (C=O) groups is 1. The Morgan fingerprint density at radius 2 is 2.05 bits per heavy atom. The van der Waals surface area contributed by atoms with Gasteiger partial charge in [-0.15, -0.1) is 0 Å². The number of hydrogen-bond donors (Lipinski definition) is 2. The minimum Gasteiger partial charge on any atom is -0.366 e. The molecule has 1 fully saturated rings. The van der Waals surface area contributed by atoms with Crippen molar-refractivity contribution in [1.29, 1.82) is 0 Å². The Morgan fingerprint density at radius 1 is 1.33 bits per heavy atom. The minimum atomic E-state index is -0.521. The summed E-state index contributed by atoms with van der Waals surface area (Å²) in [6, 6.07) is 4.26. The zero-order valence-corrected chi connectivity index (χ0v) is 12.7. The van der Waals surface area contributed by atoms with Gasteiger partial charge >= 0.3 is 0 Å². The molecular formula is C17H25FN2O. The summed E-state index contributed by atoms with van der Waals surface area (Å²) in [6.07, 6.45) is 6.44. The van der Waals surface area contributed by atoms with Crippen molar-refractivity contribution < 1.29 is 9.18 Å². The lowest BCUT2D eigenvalue weighted by Gasteiger charge is -2.26. The predicted molar refractivity (Wildman–Crippen MR) is 82.4 cm³/mol. The summed E-state index contributed by atoms with van der Waals surface area (Å²) in [6.45, 7) is 3.65. The highest BCUT2D eigenvalue weighted by Crippen LogP contribution is 2.29. The SMILES string of the molecule is CC1CCC(CCNCc2cc(C(N)=O)ccc2F)CC1. The summed E-state index contributed by atoms with van der Waals surface area (Å²) in [5.74, 6) is 0.863. The van der Waals surface area contributed by atoms with Gasteiger partial charge in [0.25, 0.3) is 0 Å². The van der Waals surface area contributed by atoms with E-state index in [0.717, 1.165) is 24.8 Å². The number of nitrogens with one attached hydrogen (secondary N) is 1. The van der Waals surface area contributed by atoms with E-state index in [9.17, 15) is 9.18 Å². The first-order valence-corrected chi connectivity index (χ1v) is 7.85. The van der Waals surface area contributed by atoms with Gasteiger partial charge in [-0.1, -0.05) is 32.6 Å². The Labute approximate surface area is 126 Å². The first-order valence-electron chi connectivity index (χ1n) is 7.85. The van der Waals surface area contributed by atoms with Crippen LogP contribution in [0.5, 0.6) is 0 Å². The minimum absolute atomic E-state index is 0.293. The molecule has 1 amide bonds. The number of nitrogens with two attached hydrogens (primary N) is 1. The molecule has 0 aliphatic heterocycles. The fourth-order valence-corrected chi connectivity index (χ4v) is 3.01.